The predicted octanol–water partition coefficient (Wildman–Crippen LogP) is 4.37. The Morgan fingerprint density at radius 1 is 1.09 bits per heavy atom. The van der Waals surface area contributed by atoms with E-state index in [0.717, 1.165) is 39.8 Å². The molecule has 11 heteroatoms. The third kappa shape index (κ3) is 8.78. The lowest BCUT2D eigenvalue weighted by Crippen LogP contribution is -2.46. The first kappa shape index (κ1) is 26.3. The molecule has 3 aromatic rings. The van der Waals surface area contributed by atoms with E-state index < -0.39 is 16.6 Å². The highest BCUT2D eigenvalue weighted by Gasteiger charge is 2.33. The fourth-order valence-electron chi connectivity index (χ4n) is 3.65. The predicted molar refractivity (Wildman–Crippen MR) is 141 cm³/mol. The molecule has 0 aliphatic carbocycles. The number of hydrogen-bond donors (Lipinski definition) is 1. The lowest BCUT2D eigenvalue weighted by molar-refractivity contribution is -0.118. The summed E-state index contributed by atoms with van der Waals surface area (Å²) in [5, 5.41) is 13.0. The summed E-state index contributed by atoms with van der Waals surface area (Å²) in [6, 6.07) is 11.0. The van der Waals surface area contributed by atoms with Gasteiger partial charge < -0.3 is 9.43 Å². The average Bonchev–Trinajstić information content (AvgIpc) is 3.25. The third-order valence-electron chi connectivity index (χ3n) is 5.07. The largest absolute Gasteiger partial charge is 0.455 e. The number of rotatable bonds is 12. The number of aromatic nitrogens is 5. The van der Waals surface area contributed by atoms with Crippen LogP contribution in [-0.2, 0) is 15.5 Å². The molecule has 1 N–H and O–H groups in total. The molecule has 0 spiro atoms. The molecule has 0 saturated heterocycles. The van der Waals surface area contributed by atoms with Crippen LogP contribution < -0.4 is 5.32 Å². The summed E-state index contributed by atoms with van der Waals surface area (Å²) in [7, 11) is -3.66. The molecule has 0 unspecified atom stereocenters. The van der Waals surface area contributed by atoms with Crippen molar-refractivity contribution in [2.75, 3.05) is 11.9 Å². The lowest BCUT2D eigenvalue weighted by atomic mass is 10.2. The molecule has 2 aromatic heterocycles. The normalized spacial score (nSPS) is 12.0. The summed E-state index contributed by atoms with van der Waals surface area (Å²) in [6.07, 6.45) is 6.61. The van der Waals surface area contributed by atoms with E-state index in [1.165, 1.54) is 0 Å². The number of nitrogens with one attached hydrogen (secondary N) is 1. The molecule has 0 saturated carbocycles. The monoisotopic (exact) mass is 514 g/mol. The van der Waals surface area contributed by atoms with Gasteiger partial charge in [0.15, 0.2) is 21.8 Å². The van der Waals surface area contributed by atoms with Crippen molar-refractivity contribution in [3.63, 3.8) is 0 Å². The number of carbonyl (C=O) groups is 1. The van der Waals surface area contributed by atoms with Gasteiger partial charge >= 0.3 is 0 Å². The van der Waals surface area contributed by atoms with Gasteiger partial charge in [0.1, 0.15) is 5.69 Å². The molecule has 0 radical (unpaired) electrons. The Kier molecular flexibility index (Phi) is 9.17. The number of thioether (sulfide) groups is 1. The Labute approximate surface area is 208 Å². The highest BCUT2D eigenvalue weighted by Crippen LogP contribution is 2.25. The van der Waals surface area contributed by atoms with Crippen molar-refractivity contribution in [1.82, 2.24) is 30.3 Å². The van der Waals surface area contributed by atoms with Crippen LogP contribution in [0, 0.1) is 0 Å². The van der Waals surface area contributed by atoms with Crippen LogP contribution in [0.5, 0.6) is 0 Å². The first-order chi connectivity index (χ1) is 16.1. The summed E-state index contributed by atoms with van der Waals surface area (Å²) in [4.78, 5) is 20.1. The van der Waals surface area contributed by atoms with Crippen molar-refractivity contribution >= 4 is 34.3 Å². The molecule has 2 heterocycles. The van der Waals surface area contributed by atoms with Crippen molar-refractivity contribution in [3.8, 4) is 11.3 Å². The first-order valence-corrected chi connectivity index (χ1v) is 18.7. The van der Waals surface area contributed by atoms with E-state index in [-0.39, 0.29) is 5.91 Å². The van der Waals surface area contributed by atoms with Crippen molar-refractivity contribution in [3.05, 3.63) is 54.5 Å². The second-order valence-corrected chi connectivity index (χ2v) is 19.7. The number of amides is 1. The number of carbonyl (C=O) groups excluding carboxylic acids is 1. The van der Waals surface area contributed by atoms with Crippen LogP contribution in [0.2, 0.25) is 32.2 Å². The van der Waals surface area contributed by atoms with Crippen molar-refractivity contribution < 1.29 is 8.91 Å². The van der Waals surface area contributed by atoms with Crippen LogP contribution in [0.25, 0.3) is 11.3 Å². The maximum atomic E-state index is 11.0. The summed E-state index contributed by atoms with van der Waals surface area (Å²) in [6.45, 7) is 11.9. The molecule has 8 nitrogen and oxygen atoms in total. The Hall–Kier alpha value is -2.35. The average molecular weight is 515 g/mol. The van der Waals surface area contributed by atoms with Gasteiger partial charge in [0.25, 0.3) is 0 Å². The zero-order chi connectivity index (χ0) is 24.6. The van der Waals surface area contributed by atoms with Crippen LogP contribution >= 0.6 is 11.8 Å². The van der Waals surface area contributed by atoms with Crippen molar-refractivity contribution in [2.24, 2.45) is 0 Å². The van der Waals surface area contributed by atoms with Gasteiger partial charge in [-0.25, -0.2) is 14.6 Å². The zero-order valence-electron chi connectivity index (χ0n) is 20.6. The third-order valence-corrected chi connectivity index (χ3v) is 14.9. The Morgan fingerprint density at radius 2 is 1.79 bits per heavy atom. The van der Waals surface area contributed by atoms with Gasteiger partial charge in [-0.15, -0.1) is 5.10 Å². The topological polar surface area (TPSA) is 94.8 Å². The van der Waals surface area contributed by atoms with E-state index >= 15 is 0 Å². The molecule has 34 heavy (non-hydrogen) atoms. The maximum Gasteiger partial charge on any atom is 0.216 e. The highest BCUT2D eigenvalue weighted by molar-refractivity contribution is 8.00. The standard InChI is InChI=1S/C23H34N6O2SSi2/c1-19(30)24-12-9-13-33(2,3)31-34(4,5)18-32-23-25-14-20(15-26-23)16-29-17-22(27-28-29)21-10-7-6-8-11-21/h6-8,10-11,14-15,17H,9,12-13,16,18H2,1-5H3,(H,24,30). The Balaban J connectivity index is 1.47. The van der Waals surface area contributed by atoms with Crippen LogP contribution in [0.15, 0.2) is 54.1 Å². The Morgan fingerprint density at radius 3 is 2.47 bits per heavy atom. The van der Waals surface area contributed by atoms with Gasteiger partial charge in [0, 0.05) is 42.4 Å². The quantitative estimate of drug-likeness (QED) is 0.166. The van der Waals surface area contributed by atoms with Crippen molar-refractivity contribution in [2.45, 2.75) is 57.3 Å². The minimum atomic E-state index is -1.87. The minimum absolute atomic E-state index is 0.0238. The van der Waals surface area contributed by atoms with E-state index in [4.69, 9.17) is 4.12 Å². The van der Waals surface area contributed by atoms with Crippen LogP contribution in [0.3, 0.4) is 0 Å². The summed E-state index contributed by atoms with van der Waals surface area (Å²) >= 11 is 1.66. The number of benzene rings is 1. The van der Waals surface area contributed by atoms with Gasteiger partial charge in [-0.3, -0.25) is 4.79 Å². The van der Waals surface area contributed by atoms with Gasteiger partial charge in [-0.1, -0.05) is 47.3 Å². The molecule has 1 aromatic carbocycles. The molecule has 182 valence electrons. The number of hydrogen-bond acceptors (Lipinski definition) is 7. The summed E-state index contributed by atoms with van der Waals surface area (Å²) < 4.78 is 8.47. The zero-order valence-corrected chi connectivity index (χ0v) is 23.4. The molecule has 3 rings (SSSR count). The summed E-state index contributed by atoms with van der Waals surface area (Å²) in [5.41, 5.74) is 2.88. The van der Waals surface area contributed by atoms with E-state index in [2.05, 4.69) is 51.8 Å². The molecule has 1 amide bonds. The fourth-order valence-corrected chi connectivity index (χ4v) is 14.0. The molecule has 0 atom stereocenters. The van der Waals surface area contributed by atoms with E-state index in [9.17, 15) is 4.79 Å². The smallest absolute Gasteiger partial charge is 0.216 e. The number of nitrogens with zero attached hydrogens (tertiary/aromatic N) is 5. The van der Waals surface area contributed by atoms with Crippen molar-refractivity contribution in [1.29, 1.82) is 0 Å². The molecule has 0 aliphatic heterocycles. The fraction of sp³-hybridized carbons (Fsp3) is 0.435. The van der Waals surface area contributed by atoms with Gasteiger partial charge in [-0.2, -0.15) is 0 Å². The summed E-state index contributed by atoms with van der Waals surface area (Å²) in [5.74, 6) is 0.0238. The minimum Gasteiger partial charge on any atom is -0.455 e. The second kappa shape index (κ2) is 11.9. The van der Waals surface area contributed by atoms with Gasteiger partial charge in [0.2, 0.25) is 5.91 Å². The van der Waals surface area contributed by atoms with Gasteiger partial charge in [-0.05, 0) is 38.7 Å². The van der Waals surface area contributed by atoms with Crippen LogP contribution in [0.4, 0.5) is 0 Å². The van der Waals surface area contributed by atoms with Gasteiger partial charge in [0.05, 0.1) is 12.7 Å². The van der Waals surface area contributed by atoms with E-state index in [1.54, 1.807) is 23.4 Å². The Bertz CT molecular complexity index is 1060. The van der Waals surface area contributed by atoms with Crippen LogP contribution in [-0.4, -0.2) is 59.4 Å². The van der Waals surface area contributed by atoms with Crippen LogP contribution in [0.1, 0.15) is 18.9 Å². The SMILES string of the molecule is CC(=O)NCCC[Si](C)(C)O[Si](C)(C)CSc1ncc(Cn2cc(-c3ccccc3)nn2)cn1. The van der Waals surface area contributed by atoms with E-state index in [1.807, 2.05) is 48.9 Å². The maximum absolute atomic E-state index is 11.0. The first-order valence-electron chi connectivity index (χ1n) is 11.5. The molecule has 0 aliphatic rings. The lowest BCUT2D eigenvalue weighted by Gasteiger charge is -2.33. The second-order valence-electron chi connectivity index (χ2n) is 9.54. The highest BCUT2D eigenvalue weighted by atomic mass is 32.2. The molecule has 0 bridgehead atoms. The molecule has 0 fully saturated rings. The molecular weight excluding hydrogens is 481 g/mol. The molecular formula is C23H34N6O2SSi2. The van der Waals surface area contributed by atoms with E-state index in [0.29, 0.717) is 13.1 Å².